The van der Waals surface area contributed by atoms with Gasteiger partial charge in [0.05, 0.1) is 4.90 Å². The molecule has 0 aromatic heterocycles. The van der Waals surface area contributed by atoms with Crippen LogP contribution in [0, 0.1) is 0 Å². The fraction of sp³-hybridized carbons (Fsp3) is 0.105. The summed E-state index contributed by atoms with van der Waals surface area (Å²) in [4.78, 5) is 12.9. The third kappa shape index (κ3) is 3.75. The van der Waals surface area contributed by atoms with Crippen LogP contribution in [-0.4, -0.2) is 26.5 Å². The Morgan fingerprint density at radius 3 is 2.39 bits per heavy atom. The fourth-order valence-electron chi connectivity index (χ4n) is 3.06. The number of fused-ring (bicyclic) bond motifs is 1. The van der Waals surface area contributed by atoms with Crippen LogP contribution in [-0.2, 0) is 14.8 Å². The molecule has 1 heterocycles. The molecule has 1 aliphatic heterocycles. The van der Waals surface area contributed by atoms with Crippen molar-refractivity contribution in [1.29, 1.82) is 0 Å². The van der Waals surface area contributed by atoms with Crippen LogP contribution in [0.15, 0.2) is 77.7 Å². The van der Waals surface area contributed by atoms with Crippen molar-refractivity contribution in [3.8, 4) is 0 Å². The van der Waals surface area contributed by atoms with Crippen LogP contribution >= 0.6 is 0 Å². The average Bonchev–Trinajstić information content (AvgIpc) is 3.16. The molecule has 3 aromatic rings. The molecule has 3 aromatic carbocycles. The number of carbonyl (C=O) groups excluding carboxylic acids is 1. The van der Waals surface area contributed by atoms with Gasteiger partial charge in [-0.1, -0.05) is 54.6 Å². The van der Waals surface area contributed by atoms with Gasteiger partial charge in [0.15, 0.2) is 0 Å². The standard InChI is InChI=1S/C19H19N5O3S/c25-19(20-16-12-6-8-13-7-4-5-11-15(13)16)17-18(22-24-21-17)23-28(26,27)14-9-2-1-3-10-14/h1-12,17-18,21-24H,(H,20,25). The topological polar surface area (TPSA) is 111 Å². The van der Waals surface area contributed by atoms with E-state index in [2.05, 4.69) is 26.4 Å². The average molecular weight is 397 g/mol. The minimum atomic E-state index is -3.79. The lowest BCUT2D eigenvalue weighted by atomic mass is 10.1. The molecule has 0 spiro atoms. The Kier molecular flexibility index (Phi) is 5.07. The second-order valence-electron chi connectivity index (χ2n) is 6.32. The van der Waals surface area contributed by atoms with Crippen molar-refractivity contribution in [2.45, 2.75) is 17.1 Å². The van der Waals surface area contributed by atoms with Crippen molar-refractivity contribution < 1.29 is 13.2 Å². The Bertz CT molecular complexity index is 1100. The van der Waals surface area contributed by atoms with E-state index in [1.165, 1.54) is 12.1 Å². The molecule has 9 heteroatoms. The van der Waals surface area contributed by atoms with E-state index in [0.29, 0.717) is 5.69 Å². The predicted octanol–water partition coefficient (Wildman–Crippen LogP) is 1.06. The summed E-state index contributed by atoms with van der Waals surface area (Å²) >= 11 is 0. The molecular formula is C19H19N5O3S. The number of nitrogens with one attached hydrogen (secondary N) is 5. The van der Waals surface area contributed by atoms with Crippen LogP contribution < -0.4 is 26.4 Å². The van der Waals surface area contributed by atoms with Crippen LogP contribution in [0.3, 0.4) is 0 Å². The van der Waals surface area contributed by atoms with Crippen molar-refractivity contribution in [1.82, 2.24) is 21.1 Å². The Hall–Kier alpha value is -2.82. The Labute approximate surface area is 162 Å². The van der Waals surface area contributed by atoms with Gasteiger partial charge in [0.1, 0.15) is 12.2 Å². The molecule has 5 N–H and O–H groups in total. The molecule has 1 fully saturated rings. The Morgan fingerprint density at radius 1 is 0.857 bits per heavy atom. The summed E-state index contributed by atoms with van der Waals surface area (Å²) in [5.41, 5.74) is 8.74. The Morgan fingerprint density at radius 2 is 1.57 bits per heavy atom. The molecule has 0 bridgehead atoms. The molecule has 1 aliphatic rings. The van der Waals surface area contributed by atoms with E-state index in [4.69, 9.17) is 0 Å². The molecule has 144 valence electrons. The molecule has 1 amide bonds. The molecule has 2 unspecified atom stereocenters. The molecule has 28 heavy (non-hydrogen) atoms. The summed E-state index contributed by atoms with van der Waals surface area (Å²) in [5, 5.41) is 4.77. The van der Waals surface area contributed by atoms with Gasteiger partial charge in [0.25, 0.3) is 0 Å². The predicted molar refractivity (Wildman–Crippen MR) is 106 cm³/mol. The van der Waals surface area contributed by atoms with Crippen LogP contribution in [0.2, 0.25) is 0 Å². The zero-order valence-electron chi connectivity index (χ0n) is 14.7. The number of hydrogen-bond acceptors (Lipinski definition) is 6. The van der Waals surface area contributed by atoms with Gasteiger partial charge in [-0.05, 0) is 23.6 Å². The molecule has 8 nitrogen and oxygen atoms in total. The molecular weight excluding hydrogens is 378 g/mol. The van der Waals surface area contributed by atoms with Crippen molar-refractivity contribution >= 4 is 32.4 Å². The van der Waals surface area contributed by atoms with Crippen molar-refractivity contribution in [3.63, 3.8) is 0 Å². The second kappa shape index (κ2) is 7.66. The number of sulfonamides is 1. The highest BCUT2D eigenvalue weighted by Crippen LogP contribution is 2.23. The molecule has 0 aliphatic carbocycles. The molecule has 4 rings (SSSR count). The molecule has 0 saturated carbocycles. The van der Waals surface area contributed by atoms with E-state index in [1.807, 2.05) is 36.4 Å². The number of amides is 1. The Balaban J connectivity index is 1.52. The zero-order chi connectivity index (χ0) is 19.6. The number of hydrazine groups is 2. The van der Waals surface area contributed by atoms with E-state index in [-0.39, 0.29) is 10.8 Å². The number of carbonyl (C=O) groups is 1. The first-order chi connectivity index (χ1) is 13.5. The van der Waals surface area contributed by atoms with Crippen LogP contribution in [0.4, 0.5) is 5.69 Å². The van der Waals surface area contributed by atoms with Crippen LogP contribution in [0.1, 0.15) is 0 Å². The summed E-state index contributed by atoms with van der Waals surface area (Å²) in [6.07, 6.45) is -0.875. The van der Waals surface area contributed by atoms with Crippen molar-refractivity contribution in [3.05, 3.63) is 72.8 Å². The smallest absolute Gasteiger partial charge is 0.246 e. The number of benzene rings is 3. The fourth-order valence-corrected chi connectivity index (χ4v) is 4.24. The van der Waals surface area contributed by atoms with E-state index in [9.17, 15) is 13.2 Å². The quantitative estimate of drug-likeness (QED) is 0.440. The van der Waals surface area contributed by atoms with E-state index >= 15 is 0 Å². The van der Waals surface area contributed by atoms with Crippen molar-refractivity contribution in [2.24, 2.45) is 0 Å². The SMILES string of the molecule is O=C(Nc1cccc2ccccc12)C1NNNC1NS(=O)(=O)c1ccccc1. The van der Waals surface area contributed by atoms with Gasteiger partial charge in [0, 0.05) is 11.1 Å². The number of anilines is 1. The lowest BCUT2D eigenvalue weighted by molar-refractivity contribution is -0.118. The highest BCUT2D eigenvalue weighted by Gasteiger charge is 2.36. The summed E-state index contributed by atoms with van der Waals surface area (Å²) in [7, 11) is -3.79. The third-order valence-electron chi connectivity index (χ3n) is 4.45. The van der Waals surface area contributed by atoms with Gasteiger partial charge in [-0.25, -0.2) is 19.3 Å². The van der Waals surface area contributed by atoms with Gasteiger partial charge in [-0.2, -0.15) is 10.3 Å². The summed E-state index contributed by atoms with van der Waals surface area (Å²) < 4.78 is 27.6. The molecule has 2 atom stereocenters. The normalized spacial score (nSPS) is 19.6. The highest BCUT2D eigenvalue weighted by atomic mass is 32.2. The van der Waals surface area contributed by atoms with E-state index < -0.39 is 22.2 Å². The maximum Gasteiger partial charge on any atom is 0.246 e. The maximum absolute atomic E-state index is 12.8. The third-order valence-corrected chi connectivity index (χ3v) is 5.91. The lowest BCUT2D eigenvalue weighted by Crippen LogP contribution is -2.53. The van der Waals surface area contributed by atoms with Gasteiger partial charge in [0.2, 0.25) is 15.9 Å². The first-order valence-electron chi connectivity index (χ1n) is 8.67. The second-order valence-corrected chi connectivity index (χ2v) is 8.03. The van der Waals surface area contributed by atoms with E-state index in [1.54, 1.807) is 24.3 Å². The highest BCUT2D eigenvalue weighted by molar-refractivity contribution is 7.89. The van der Waals surface area contributed by atoms with E-state index in [0.717, 1.165) is 10.8 Å². The van der Waals surface area contributed by atoms with Gasteiger partial charge >= 0.3 is 0 Å². The number of rotatable bonds is 5. The van der Waals surface area contributed by atoms with Gasteiger partial charge < -0.3 is 5.32 Å². The minimum absolute atomic E-state index is 0.122. The first kappa shape index (κ1) is 18.5. The maximum atomic E-state index is 12.8. The first-order valence-corrected chi connectivity index (χ1v) is 10.1. The molecule has 0 radical (unpaired) electrons. The zero-order valence-corrected chi connectivity index (χ0v) is 15.5. The minimum Gasteiger partial charge on any atom is -0.324 e. The largest absolute Gasteiger partial charge is 0.324 e. The summed E-state index contributed by atoms with van der Waals surface area (Å²) in [6.45, 7) is 0. The van der Waals surface area contributed by atoms with Crippen molar-refractivity contribution in [2.75, 3.05) is 5.32 Å². The monoisotopic (exact) mass is 397 g/mol. The van der Waals surface area contributed by atoms with Gasteiger partial charge in [-0.15, -0.1) is 0 Å². The lowest BCUT2D eigenvalue weighted by Gasteiger charge is -2.19. The summed E-state index contributed by atoms with van der Waals surface area (Å²) in [5.74, 6) is -0.380. The van der Waals surface area contributed by atoms with Crippen LogP contribution in [0.25, 0.3) is 10.8 Å². The van der Waals surface area contributed by atoms with Crippen LogP contribution in [0.5, 0.6) is 0 Å². The summed E-state index contributed by atoms with van der Waals surface area (Å²) in [6, 6.07) is 20.4. The molecule has 1 saturated heterocycles. The van der Waals surface area contributed by atoms with Gasteiger partial charge in [-0.3, -0.25) is 4.79 Å². The number of hydrogen-bond donors (Lipinski definition) is 5.